The van der Waals surface area contributed by atoms with Crippen molar-refractivity contribution in [3.63, 3.8) is 0 Å². The van der Waals surface area contributed by atoms with E-state index in [4.69, 9.17) is 14.9 Å². The molecule has 0 radical (unpaired) electrons. The molecule has 26 heavy (non-hydrogen) atoms. The van der Waals surface area contributed by atoms with Crippen LogP contribution in [0.15, 0.2) is 36.5 Å². The Bertz CT molecular complexity index is 529. The fourth-order valence-electron chi connectivity index (χ4n) is 2.72. The Morgan fingerprint density at radius 1 is 1.15 bits per heavy atom. The van der Waals surface area contributed by atoms with Gasteiger partial charge in [-0.3, -0.25) is 10.1 Å². The molecule has 2 rings (SSSR count). The van der Waals surface area contributed by atoms with Gasteiger partial charge in [0, 0.05) is 30.1 Å². The van der Waals surface area contributed by atoms with E-state index in [0.717, 1.165) is 39.4 Å². The SMILES string of the molecule is CC(C)(C)OC(=O)N1CCCC(NC2C=CC=CC=C2)CC1.C[N+](=O)[O-]. The monoisotopic (exact) mass is 365 g/mol. The van der Waals surface area contributed by atoms with Crippen LogP contribution in [0.2, 0.25) is 0 Å². The Hall–Kier alpha value is -2.15. The molecule has 146 valence electrons. The number of hydrogen-bond acceptors (Lipinski definition) is 5. The number of amides is 1. The maximum absolute atomic E-state index is 12.2. The van der Waals surface area contributed by atoms with Crippen molar-refractivity contribution >= 4 is 6.09 Å². The zero-order valence-corrected chi connectivity index (χ0v) is 16.2. The van der Waals surface area contributed by atoms with Gasteiger partial charge in [-0.25, -0.2) is 4.79 Å². The van der Waals surface area contributed by atoms with Gasteiger partial charge in [0.2, 0.25) is 0 Å². The Morgan fingerprint density at radius 3 is 2.27 bits per heavy atom. The molecule has 2 aliphatic rings. The highest BCUT2D eigenvalue weighted by molar-refractivity contribution is 5.68. The molecule has 0 aromatic carbocycles. The highest BCUT2D eigenvalue weighted by Crippen LogP contribution is 2.16. The van der Waals surface area contributed by atoms with Gasteiger partial charge < -0.3 is 15.0 Å². The number of hydrogen-bond donors (Lipinski definition) is 1. The first kappa shape index (κ1) is 21.9. The first-order valence-electron chi connectivity index (χ1n) is 9.01. The number of rotatable bonds is 2. The van der Waals surface area contributed by atoms with Crippen LogP contribution in [0.4, 0.5) is 4.79 Å². The largest absolute Gasteiger partial charge is 0.444 e. The van der Waals surface area contributed by atoms with Crippen LogP contribution in [0.5, 0.6) is 0 Å². The molecule has 1 heterocycles. The van der Waals surface area contributed by atoms with E-state index < -0.39 is 10.5 Å². The number of ether oxygens (including phenoxy) is 1. The number of carbonyl (C=O) groups is 1. The summed E-state index contributed by atoms with van der Waals surface area (Å²) in [7, 11) is 0.889. The minimum atomic E-state index is -0.500. The van der Waals surface area contributed by atoms with Crippen molar-refractivity contribution in [2.75, 3.05) is 20.1 Å². The molecule has 1 fully saturated rings. The molecular weight excluding hydrogens is 334 g/mol. The zero-order valence-electron chi connectivity index (χ0n) is 16.2. The quantitative estimate of drug-likeness (QED) is 0.599. The highest BCUT2D eigenvalue weighted by Gasteiger charge is 2.25. The summed E-state index contributed by atoms with van der Waals surface area (Å²) >= 11 is 0. The second-order valence-electron chi connectivity index (χ2n) is 7.38. The standard InChI is InChI=1S/C18H28N2O2.CH3NO2/c1-18(2,3)22-17(21)20-13-8-11-16(12-14-20)19-15-9-6-4-5-7-10-15;1-2(3)4/h4-7,9-10,15-16,19H,8,11-14H2,1-3H3;1H3. The van der Waals surface area contributed by atoms with Crippen LogP contribution in [0.1, 0.15) is 40.0 Å². The number of allylic oxidation sites excluding steroid dienone is 4. The number of likely N-dealkylation sites (tertiary alicyclic amines) is 1. The van der Waals surface area contributed by atoms with Crippen molar-refractivity contribution < 1.29 is 14.5 Å². The van der Waals surface area contributed by atoms with Crippen LogP contribution in [-0.4, -0.2) is 53.7 Å². The molecule has 0 spiro atoms. The summed E-state index contributed by atoms with van der Waals surface area (Å²) in [6, 6.07) is 0.706. The van der Waals surface area contributed by atoms with E-state index in [1.165, 1.54) is 0 Å². The van der Waals surface area contributed by atoms with E-state index in [0.29, 0.717) is 6.04 Å². The maximum Gasteiger partial charge on any atom is 0.410 e. The van der Waals surface area contributed by atoms with Gasteiger partial charge >= 0.3 is 6.09 Å². The molecule has 0 aromatic heterocycles. The lowest BCUT2D eigenvalue weighted by atomic mass is 10.1. The lowest BCUT2D eigenvalue weighted by Crippen LogP contribution is -2.39. The smallest absolute Gasteiger partial charge is 0.410 e. The first-order valence-corrected chi connectivity index (χ1v) is 9.01. The average molecular weight is 365 g/mol. The first-order chi connectivity index (χ1) is 12.2. The Labute approximate surface area is 155 Å². The van der Waals surface area contributed by atoms with E-state index in [-0.39, 0.29) is 12.1 Å². The van der Waals surface area contributed by atoms with Gasteiger partial charge in [0.15, 0.2) is 7.05 Å². The van der Waals surface area contributed by atoms with Crippen LogP contribution in [0, 0.1) is 10.1 Å². The van der Waals surface area contributed by atoms with E-state index in [1.54, 1.807) is 0 Å². The highest BCUT2D eigenvalue weighted by atomic mass is 16.6. The van der Waals surface area contributed by atoms with Gasteiger partial charge in [0.05, 0.1) is 0 Å². The van der Waals surface area contributed by atoms with Crippen molar-refractivity contribution in [3.05, 3.63) is 46.6 Å². The molecule has 1 atom stereocenters. The van der Waals surface area contributed by atoms with Crippen LogP contribution >= 0.6 is 0 Å². The topological polar surface area (TPSA) is 84.7 Å². The number of nitrogens with one attached hydrogen (secondary N) is 1. The molecule has 1 amide bonds. The van der Waals surface area contributed by atoms with Gasteiger partial charge in [-0.05, 0) is 40.0 Å². The van der Waals surface area contributed by atoms with Crippen molar-refractivity contribution in [1.29, 1.82) is 0 Å². The molecule has 1 saturated heterocycles. The summed E-state index contributed by atoms with van der Waals surface area (Å²) in [5, 5.41) is 12.5. The van der Waals surface area contributed by atoms with Gasteiger partial charge in [0.25, 0.3) is 0 Å². The lowest BCUT2D eigenvalue weighted by Gasteiger charge is -2.26. The molecule has 1 unspecified atom stereocenters. The van der Waals surface area contributed by atoms with Crippen LogP contribution in [-0.2, 0) is 4.74 Å². The van der Waals surface area contributed by atoms with Crippen molar-refractivity contribution in [3.8, 4) is 0 Å². The normalized spacial score (nSPS) is 20.6. The summed E-state index contributed by atoms with van der Waals surface area (Å²) in [6.45, 7) is 7.26. The van der Waals surface area contributed by atoms with Gasteiger partial charge in [-0.15, -0.1) is 0 Å². The van der Waals surface area contributed by atoms with E-state index in [2.05, 4.69) is 29.6 Å². The predicted molar refractivity (Wildman–Crippen MR) is 103 cm³/mol. The van der Waals surface area contributed by atoms with Crippen molar-refractivity contribution in [2.45, 2.75) is 57.7 Å². The second-order valence-corrected chi connectivity index (χ2v) is 7.38. The predicted octanol–water partition coefficient (Wildman–Crippen LogP) is 3.31. The van der Waals surface area contributed by atoms with E-state index >= 15 is 0 Å². The van der Waals surface area contributed by atoms with Gasteiger partial charge in [0.1, 0.15) is 5.60 Å². The fraction of sp³-hybridized carbons (Fsp3) is 0.632. The van der Waals surface area contributed by atoms with Gasteiger partial charge in [-0.1, -0.05) is 36.5 Å². The van der Waals surface area contributed by atoms with Gasteiger partial charge in [-0.2, -0.15) is 0 Å². The van der Waals surface area contributed by atoms with Crippen LogP contribution < -0.4 is 5.32 Å². The van der Waals surface area contributed by atoms with Crippen molar-refractivity contribution in [1.82, 2.24) is 10.2 Å². The molecule has 1 aliphatic heterocycles. The molecule has 7 heteroatoms. The Balaban J connectivity index is 0.000000765. The van der Waals surface area contributed by atoms with E-state index in [9.17, 15) is 4.79 Å². The molecule has 1 N–H and O–H groups in total. The Kier molecular flexibility index (Phi) is 9.05. The third kappa shape index (κ3) is 9.98. The molecule has 7 nitrogen and oxygen atoms in total. The third-order valence-electron chi connectivity index (χ3n) is 3.78. The number of carbonyl (C=O) groups excluding carboxylic acids is 1. The summed E-state index contributed by atoms with van der Waals surface area (Å²) < 4.78 is 5.47. The minimum Gasteiger partial charge on any atom is -0.444 e. The summed E-state index contributed by atoms with van der Waals surface area (Å²) in [4.78, 5) is 22.3. The van der Waals surface area contributed by atoms with Crippen LogP contribution in [0.25, 0.3) is 0 Å². The molecule has 0 bridgehead atoms. The maximum atomic E-state index is 12.2. The second kappa shape index (κ2) is 10.8. The molecule has 0 aromatic rings. The fourth-order valence-corrected chi connectivity index (χ4v) is 2.72. The Morgan fingerprint density at radius 2 is 1.73 bits per heavy atom. The lowest BCUT2D eigenvalue weighted by molar-refractivity contribution is -0.445. The summed E-state index contributed by atoms with van der Waals surface area (Å²) in [5.41, 5.74) is -0.427. The number of nitro groups is 1. The summed E-state index contributed by atoms with van der Waals surface area (Å²) in [6.07, 6.45) is 15.4. The third-order valence-corrected chi connectivity index (χ3v) is 3.78. The average Bonchev–Trinajstić information content (AvgIpc) is 2.88. The summed E-state index contributed by atoms with van der Waals surface area (Å²) in [5.74, 6) is 0. The molecular formula is C19H31N3O4. The van der Waals surface area contributed by atoms with E-state index in [1.807, 2.05) is 37.8 Å². The molecule has 0 saturated carbocycles. The minimum absolute atomic E-state index is 0.188. The zero-order chi connectivity index (χ0) is 19.6. The molecule has 1 aliphatic carbocycles. The van der Waals surface area contributed by atoms with Crippen LogP contribution in [0.3, 0.4) is 0 Å². The number of nitrogens with zero attached hydrogens (tertiary/aromatic N) is 2. The van der Waals surface area contributed by atoms with Crippen molar-refractivity contribution in [2.24, 2.45) is 0 Å².